The van der Waals surface area contributed by atoms with Crippen molar-refractivity contribution in [2.75, 3.05) is 91.6 Å². The summed E-state index contributed by atoms with van der Waals surface area (Å²) >= 11 is 0. The maximum absolute atomic E-state index is 13.4. The number of nitrogens with one attached hydrogen (secondary N) is 4. The SMILES string of the molecule is CC(C)(C)OC(=O)CN1CCN(CC(=O)NCCCNC(=O)c2cccc(CN=C(NC(=O)OC(C)(C)C)NC(=O)OC(C)(C)C)c2)CCN(CC(=O)OC(C)(C)C)CCN(CC(=O)OC(C)(C)C)CC1. The van der Waals surface area contributed by atoms with E-state index in [9.17, 15) is 33.6 Å². The smallest absolute Gasteiger partial charge is 0.414 e. The summed E-state index contributed by atoms with van der Waals surface area (Å²) < 4.78 is 27.5. The summed E-state index contributed by atoms with van der Waals surface area (Å²) in [4.78, 5) is 103. The number of benzene rings is 1. The standard InChI is InChI=1S/C50H85N9O12/c1-46(2,3)67-39(61)33-57-24-22-56(23-25-58(34-40(62)68-47(4,5)6)27-29-59(28-26-57)35-41(63)69-48(7,8)9)32-38(60)51-20-17-21-52-42(64)37-19-16-18-36(30-37)31-53-43(54-44(65)70-49(10,11)12)55-45(66)71-50(13,14)15/h16,18-19,30H,17,20-29,31-35H2,1-15H3,(H,51,60)(H,52,64)(H2,53,54,55,65,66). The van der Waals surface area contributed by atoms with Gasteiger partial charge in [0.2, 0.25) is 11.9 Å². The van der Waals surface area contributed by atoms with Gasteiger partial charge in [-0.2, -0.15) is 0 Å². The number of rotatable bonds is 15. The Kier molecular flexibility index (Phi) is 24.4. The Morgan fingerprint density at radius 3 is 1.21 bits per heavy atom. The second-order valence-corrected chi connectivity index (χ2v) is 22.4. The van der Waals surface area contributed by atoms with Crippen LogP contribution < -0.4 is 21.3 Å². The molecule has 1 saturated heterocycles. The van der Waals surface area contributed by atoms with Crippen LogP contribution in [0.3, 0.4) is 0 Å². The van der Waals surface area contributed by atoms with Crippen LogP contribution in [0.5, 0.6) is 0 Å². The summed E-state index contributed by atoms with van der Waals surface area (Å²) in [6, 6.07) is 6.71. The van der Waals surface area contributed by atoms with Crippen LogP contribution in [0.1, 0.15) is 126 Å². The molecule has 0 saturated carbocycles. The number of alkyl carbamates (subject to hydrolysis) is 2. The molecule has 1 heterocycles. The van der Waals surface area contributed by atoms with E-state index in [2.05, 4.69) is 26.3 Å². The number of hydrogen-bond donors (Lipinski definition) is 4. The van der Waals surface area contributed by atoms with Crippen LogP contribution >= 0.6 is 0 Å². The van der Waals surface area contributed by atoms with Gasteiger partial charge < -0.3 is 34.3 Å². The highest BCUT2D eigenvalue weighted by atomic mass is 16.6. The van der Waals surface area contributed by atoms with Crippen LogP contribution in [-0.2, 0) is 49.4 Å². The molecule has 0 atom stereocenters. The van der Waals surface area contributed by atoms with Crippen molar-refractivity contribution >= 4 is 47.9 Å². The molecular weight excluding hydrogens is 919 g/mol. The molecule has 1 fully saturated rings. The summed E-state index contributed by atoms with van der Waals surface area (Å²) in [5.74, 6) is -1.94. The zero-order valence-corrected chi connectivity index (χ0v) is 45.3. The molecule has 1 aliphatic heterocycles. The summed E-state index contributed by atoms with van der Waals surface area (Å²) in [6.45, 7) is 30.4. The Hall–Kier alpha value is -5.38. The third-order valence-corrected chi connectivity index (χ3v) is 9.42. The minimum Gasteiger partial charge on any atom is -0.459 e. The summed E-state index contributed by atoms with van der Waals surface area (Å²) in [5.41, 5.74) is -2.67. The highest BCUT2D eigenvalue weighted by Crippen LogP contribution is 2.13. The van der Waals surface area contributed by atoms with Crippen molar-refractivity contribution in [3.05, 3.63) is 35.4 Å². The van der Waals surface area contributed by atoms with E-state index in [-0.39, 0.29) is 69.6 Å². The second kappa shape index (κ2) is 28.0. The minimum absolute atomic E-state index is 0.00783. The maximum Gasteiger partial charge on any atom is 0.414 e. The van der Waals surface area contributed by atoms with E-state index in [4.69, 9.17) is 23.7 Å². The van der Waals surface area contributed by atoms with E-state index in [1.54, 1.807) is 107 Å². The lowest BCUT2D eigenvalue weighted by atomic mass is 10.1. The molecule has 0 unspecified atom stereocenters. The molecule has 402 valence electrons. The van der Waals surface area contributed by atoms with Crippen molar-refractivity contribution in [3.8, 4) is 0 Å². The van der Waals surface area contributed by atoms with E-state index in [1.807, 2.05) is 40.4 Å². The number of amides is 4. The quantitative estimate of drug-likeness (QED) is 0.0637. The number of carbonyl (C=O) groups excluding carboxylic acids is 7. The molecule has 71 heavy (non-hydrogen) atoms. The van der Waals surface area contributed by atoms with Gasteiger partial charge in [-0.15, -0.1) is 0 Å². The predicted molar refractivity (Wildman–Crippen MR) is 270 cm³/mol. The van der Waals surface area contributed by atoms with Crippen LogP contribution in [0.25, 0.3) is 0 Å². The van der Waals surface area contributed by atoms with E-state index in [0.717, 1.165) is 0 Å². The molecule has 4 amide bonds. The fraction of sp³-hybridized carbons (Fsp3) is 0.720. The van der Waals surface area contributed by atoms with E-state index >= 15 is 0 Å². The van der Waals surface area contributed by atoms with Gasteiger partial charge in [-0.3, -0.25) is 54.2 Å². The zero-order chi connectivity index (χ0) is 53.8. The number of aliphatic imine (C=N–C) groups is 1. The summed E-state index contributed by atoms with van der Waals surface area (Å²) in [7, 11) is 0. The Balaban J connectivity index is 2.13. The van der Waals surface area contributed by atoms with Gasteiger partial charge in [-0.05, 0) is 128 Å². The summed E-state index contributed by atoms with van der Waals surface area (Å²) in [6.07, 6.45) is -1.22. The van der Waals surface area contributed by atoms with E-state index < -0.39 is 52.1 Å². The first kappa shape index (κ1) is 61.7. The average molecular weight is 1000 g/mol. The Morgan fingerprint density at radius 1 is 0.493 bits per heavy atom. The van der Waals surface area contributed by atoms with Crippen molar-refractivity contribution in [1.82, 2.24) is 40.9 Å². The Bertz CT molecular complexity index is 1880. The molecule has 0 bridgehead atoms. The number of carbonyl (C=O) groups is 7. The van der Waals surface area contributed by atoms with Crippen molar-refractivity contribution in [3.63, 3.8) is 0 Å². The molecule has 0 radical (unpaired) electrons. The van der Waals surface area contributed by atoms with Gasteiger partial charge in [0.15, 0.2) is 0 Å². The first-order valence-corrected chi connectivity index (χ1v) is 24.4. The fourth-order valence-electron chi connectivity index (χ4n) is 6.65. The van der Waals surface area contributed by atoms with Crippen molar-refractivity contribution in [2.45, 2.75) is 145 Å². The molecular formula is C50H85N9O12. The third-order valence-electron chi connectivity index (χ3n) is 9.42. The van der Waals surface area contributed by atoms with Gasteiger partial charge in [-0.25, -0.2) is 14.6 Å². The molecule has 21 heteroatoms. The Labute approximate surface area is 421 Å². The van der Waals surface area contributed by atoms with Crippen LogP contribution in [0.15, 0.2) is 29.3 Å². The molecule has 0 aromatic heterocycles. The number of hydrogen-bond acceptors (Lipinski definition) is 17. The van der Waals surface area contributed by atoms with Gasteiger partial charge in [-0.1, -0.05) is 12.1 Å². The topological polar surface area (TPSA) is 239 Å². The summed E-state index contributed by atoms with van der Waals surface area (Å²) in [5, 5.41) is 10.7. The normalized spacial score (nSPS) is 15.4. The van der Waals surface area contributed by atoms with E-state index in [1.165, 1.54) is 0 Å². The zero-order valence-electron chi connectivity index (χ0n) is 45.3. The number of ether oxygens (including phenoxy) is 5. The van der Waals surface area contributed by atoms with Crippen LogP contribution in [0.2, 0.25) is 0 Å². The molecule has 21 nitrogen and oxygen atoms in total. The third kappa shape index (κ3) is 30.9. The van der Waals surface area contributed by atoms with Crippen LogP contribution in [-0.4, -0.2) is 187 Å². The molecule has 0 aliphatic carbocycles. The number of esters is 3. The first-order valence-electron chi connectivity index (χ1n) is 24.4. The molecule has 4 N–H and O–H groups in total. The lowest BCUT2D eigenvalue weighted by molar-refractivity contribution is -0.158. The second-order valence-electron chi connectivity index (χ2n) is 22.4. The lowest BCUT2D eigenvalue weighted by Crippen LogP contribution is -2.50. The van der Waals surface area contributed by atoms with Crippen molar-refractivity contribution < 1.29 is 57.2 Å². The lowest BCUT2D eigenvalue weighted by Gasteiger charge is -2.34. The maximum atomic E-state index is 13.4. The van der Waals surface area contributed by atoms with Crippen molar-refractivity contribution in [1.29, 1.82) is 0 Å². The highest BCUT2D eigenvalue weighted by molar-refractivity contribution is 6.01. The van der Waals surface area contributed by atoms with Crippen LogP contribution in [0, 0.1) is 0 Å². The monoisotopic (exact) mass is 1000 g/mol. The highest BCUT2D eigenvalue weighted by Gasteiger charge is 2.27. The number of nitrogens with zero attached hydrogens (tertiary/aromatic N) is 5. The van der Waals surface area contributed by atoms with Crippen LogP contribution in [0.4, 0.5) is 9.59 Å². The Morgan fingerprint density at radius 2 is 0.845 bits per heavy atom. The van der Waals surface area contributed by atoms with Gasteiger partial charge in [0, 0.05) is 71.0 Å². The molecule has 0 spiro atoms. The van der Waals surface area contributed by atoms with Gasteiger partial charge in [0.25, 0.3) is 5.91 Å². The minimum atomic E-state index is -0.829. The van der Waals surface area contributed by atoms with E-state index in [0.29, 0.717) is 69.9 Å². The van der Waals surface area contributed by atoms with Crippen molar-refractivity contribution in [2.24, 2.45) is 4.99 Å². The first-order chi connectivity index (χ1) is 32.6. The number of guanidine groups is 1. The molecule has 1 aliphatic rings. The predicted octanol–water partition coefficient (Wildman–Crippen LogP) is 4.07. The largest absolute Gasteiger partial charge is 0.459 e. The fourth-order valence-corrected chi connectivity index (χ4v) is 6.65. The molecule has 1 aromatic carbocycles. The molecule has 1 aromatic rings. The van der Waals surface area contributed by atoms with Gasteiger partial charge in [0.1, 0.15) is 28.0 Å². The average Bonchev–Trinajstić information content (AvgIpc) is 3.17. The van der Waals surface area contributed by atoms with Gasteiger partial charge in [0.05, 0.1) is 32.7 Å². The van der Waals surface area contributed by atoms with Gasteiger partial charge >= 0.3 is 30.1 Å². The molecule has 2 rings (SSSR count).